The van der Waals surface area contributed by atoms with Crippen LogP contribution in [0, 0.1) is 0 Å². The van der Waals surface area contributed by atoms with Crippen molar-refractivity contribution >= 4 is 6.09 Å². The number of carbonyl (C=O) groups is 1. The second-order valence-electron chi connectivity index (χ2n) is 6.34. The topological polar surface area (TPSA) is 49.8 Å². The van der Waals surface area contributed by atoms with E-state index >= 15 is 0 Å². The van der Waals surface area contributed by atoms with Crippen LogP contribution in [0.5, 0.6) is 0 Å². The van der Waals surface area contributed by atoms with E-state index in [9.17, 15) is 9.90 Å². The number of hydrogen-bond donors (Lipinski definition) is 1. The predicted octanol–water partition coefficient (Wildman–Crippen LogP) is 2.47. The highest BCUT2D eigenvalue weighted by Gasteiger charge is 2.47. The molecule has 1 aliphatic carbocycles. The van der Waals surface area contributed by atoms with E-state index in [4.69, 9.17) is 4.74 Å². The van der Waals surface area contributed by atoms with Crippen molar-refractivity contribution in [2.24, 2.45) is 0 Å². The van der Waals surface area contributed by atoms with Crippen molar-refractivity contribution in [3.05, 3.63) is 11.6 Å². The summed E-state index contributed by atoms with van der Waals surface area (Å²) in [6.07, 6.45) is 6.15. The predicted molar refractivity (Wildman–Crippen MR) is 69.3 cm³/mol. The van der Waals surface area contributed by atoms with Gasteiger partial charge in [-0.2, -0.15) is 0 Å². The maximum Gasteiger partial charge on any atom is 0.410 e. The first kappa shape index (κ1) is 13.4. The van der Waals surface area contributed by atoms with Gasteiger partial charge in [-0.15, -0.1) is 0 Å². The lowest BCUT2D eigenvalue weighted by Crippen LogP contribution is -2.65. The molecule has 1 saturated heterocycles. The zero-order valence-corrected chi connectivity index (χ0v) is 11.5. The lowest BCUT2D eigenvalue weighted by atomic mass is 9.80. The van der Waals surface area contributed by atoms with E-state index in [1.165, 1.54) is 6.42 Å². The summed E-state index contributed by atoms with van der Waals surface area (Å²) in [6.45, 7) is 6.28. The molecular formula is C14H23NO3. The fraction of sp³-hybridized carbons (Fsp3) is 0.786. The average molecular weight is 253 g/mol. The number of nitrogens with zero attached hydrogens (tertiary/aromatic N) is 1. The Kier molecular flexibility index (Phi) is 3.41. The van der Waals surface area contributed by atoms with Gasteiger partial charge in [-0.05, 0) is 52.0 Å². The van der Waals surface area contributed by atoms with Gasteiger partial charge in [-0.25, -0.2) is 4.79 Å². The molecule has 0 radical (unpaired) electrons. The largest absolute Gasteiger partial charge is 0.444 e. The molecule has 18 heavy (non-hydrogen) atoms. The Hall–Kier alpha value is -1.03. The molecule has 102 valence electrons. The van der Waals surface area contributed by atoms with E-state index in [0.29, 0.717) is 13.1 Å². The summed E-state index contributed by atoms with van der Waals surface area (Å²) in [4.78, 5) is 13.4. The first-order valence-corrected chi connectivity index (χ1v) is 6.70. The number of allylic oxidation sites excluding steroid dienone is 1. The van der Waals surface area contributed by atoms with Gasteiger partial charge in [0.25, 0.3) is 0 Å². The molecule has 2 rings (SSSR count). The molecule has 0 aromatic carbocycles. The van der Waals surface area contributed by atoms with Gasteiger partial charge >= 0.3 is 6.09 Å². The van der Waals surface area contributed by atoms with Crippen LogP contribution in [0.2, 0.25) is 0 Å². The Morgan fingerprint density at radius 3 is 2.56 bits per heavy atom. The highest BCUT2D eigenvalue weighted by Crippen LogP contribution is 2.35. The lowest BCUT2D eigenvalue weighted by molar-refractivity contribution is -0.0777. The molecule has 0 aromatic rings. The molecule has 0 saturated carbocycles. The average Bonchev–Trinajstić information content (AvgIpc) is 2.23. The van der Waals surface area contributed by atoms with Crippen molar-refractivity contribution in [2.45, 2.75) is 57.7 Å². The molecular weight excluding hydrogens is 230 g/mol. The number of ether oxygens (including phenoxy) is 1. The summed E-state index contributed by atoms with van der Waals surface area (Å²) in [7, 11) is 0. The molecule has 4 nitrogen and oxygen atoms in total. The van der Waals surface area contributed by atoms with Gasteiger partial charge in [0.2, 0.25) is 0 Å². The van der Waals surface area contributed by atoms with Crippen LogP contribution in [0.4, 0.5) is 4.79 Å². The molecule has 1 aliphatic heterocycles. The van der Waals surface area contributed by atoms with Crippen LogP contribution < -0.4 is 0 Å². The zero-order chi connectivity index (χ0) is 13.4. The van der Waals surface area contributed by atoms with Crippen LogP contribution in [0.1, 0.15) is 46.5 Å². The van der Waals surface area contributed by atoms with Crippen molar-refractivity contribution in [3.8, 4) is 0 Å². The van der Waals surface area contributed by atoms with Crippen LogP contribution in [0.15, 0.2) is 11.6 Å². The van der Waals surface area contributed by atoms with Crippen molar-refractivity contribution < 1.29 is 14.6 Å². The van der Waals surface area contributed by atoms with Crippen LogP contribution >= 0.6 is 0 Å². The molecule has 0 atom stereocenters. The molecule has 0 bridgehead atoms. The normalized spacial score (nSPS) is 23.1. The minimum absolute atomic E-state index is 0.330. The van der Waals surface area contributed by atoms with E-state index in [-0.39, 0.29) is 6.09 Å². The quantitative estimate of drug-likeness (QED) is 0.730. The summed E-state index contributed by atoms with van der Waals surface area (Å²) < 4.78 is 5.28. The smallest absolute Gasteiger partial charge is 0.410 e. The van der Waals surface area contributed by atoms with Gasteiger partial charge in [0.05, 0.1) is 13.1 Å². The Morgan fingerprint density at radius 1 is 1.39 bits per heavy atom. The van der Waals surface area contributed by atoms with E-state index in [1.54, 1.807) is 4.90 Å². The van der Waals surface area contributed by atoms with Gasteiger partial charge in [0.15, 0.2) is 0 Å². The molecule has 0 spiro atoms. The van der Waals surface area contributed by atoms with Gasteiger partial charge in [-0.3, -0.25) is 0 Å². The molecule has 0 aromatic heterocycles. The fourth-order valence-electron chi connectivity index (χ4n) is 2.50. The maximum atomic E-state index is 11.8. The summed E-state index contributed by atoms with van der Waals surface area (Å²) in [6, 6.07) is 0. The van der Waals surface area contributed by atoms with E-state index in [0.717, 1.165) is 24.8 Å². The number of β-amino-alcohol motifs (C(OH)–C–C–N with tert-alkyl or cyclic N) is 1. The van der Waals surface area contributed by atoms with Crippen LogP contribution in [0.25, 0.3) is 0 Å². The minimum atomic E-state index is -0.794. The first-order valence-electron chi connectivity index (χ1n) is 6.70. The Bertz CT molecular complexity index is 362. The van der Waals surface area contributed by atoms with Gasteiger partial charge in [0.1, 0.15) is 11.2 Å². The number of carbonyl (C=O) groups excluding carboxylic acids is 1. The van der Waals surface area contributed by atoms with E-state index in [2.05, 4.69) is 6.08 Å². The number of likely N-dealkylation sites (tertiary alicyclic amines) is 1. The molecule has 0 unspecified atom stereocenters. The fourth-order valence-corrected chi connectivity index (χ4v) is 2.50. The zero-order valence-electron chi connectivity index (χ0n) is 11.5. The third-order valence-electron chi connectivity index (χ3n) is 3.45. The summed E-state index contributed by atoms with van der Waals surface area (Å²) in [5.41, 5.74) is -0.166. The van der Waals surface area contributed by atoms with Crippen LogP contribution in [0.3, 0.4) is 0 Å². The van der Waals surface area contributed by atoms with Crippen molar-refractivity contribution in [1.82, 2.24) is 4.90 Å². The van der Waals surface area contributed by atoms with Crippen molar-refractivity contribution in [1.29, 1.82) is 0 Å². The second kappa shape index (κ2) is 4.57. The molecule has 1 N–H and O–H groups in total. The maximum absolute atomic E-state index is 11.8. The van der Waals surface area contributed by atoms with Crippen molar-refractivity contribution in [2.75, 3.05) is 13.1 Å². The highest BCUT2D eigenvalue weighted by molar-refractivity contribution is 5.70. The third-order valence-corrected chi connectivity index (χ3v) is 3.45. The van der Waals surface area contributed by atoms with Crippen LogP contribution in [-0.2, 0) is 4.74 Å². The molecule has 2 aliphatic rings. The van der Waals surface area contributed by atoms with Crippen LogP contribution in [-0.4, -0.2) is 40.4 Å². The lowest BCUT2D eigenvalue weighted by Gasteiger charge is -2.48. The minimum Gasteiger partial charge on any atom is -0.444 e. The van der Waals surface area contributed by atoms with Gasteiger partial charge in [0, 0.05) is 0 Å². The molecule has 1 heterocycles. The van der Waals surface area contributed by atoms with Gasteiger partial charge < -0.3 is 14.7 Å². The highest BCUT2D eigenvalue weighted by atomic mass is 16.6. The van der Waals surface area contributed by atoms with Gasteiger partial charge in [-0.1, -0.05) is 6.08 Å². The van der Waals surface area contributed by atoms with E-state index in [1.807, 2.05) is 20.8 Å². The first-order chi connectivity index (χ1) is 8.30. The Morgan fingerprint density at radius 2 is 2.06 bits per heavy atom. The van der Waals surface area contributed by atoms with E-state index < -0.39 is 11.2 Å². The number of rotatable bonds is 1. The summed E-state index contributed by atoms with van der Waals surface area (Å²) in [5, 5.41) is 10.4. The molecule has 4 heteroatoms. The number of amides is 1. The Balaban J connectivity index is 1.89. The Labute approximate surface area is 109 Å². The number of aliphatic hydroxyl groups is 1. The summed E-state index contributed by atoms with van der Waals surface area (Å²) in [5.74, 6) is 0. The standard InChI is InChI=1S/C14H23NO3/c1-13(2,3)18-12(16)15-9-14(17,10-15)11-7-5-4-6-8-11/h7,17H,4-6,8-10H2,1-3H3. The monoisotopic (exact) mass is 253 g/mol. The second-order valence-corrected chi connectivity index (χ2v) is 6.34. The SMILES string of the molecule is CC(C)(C)OC(=O)N1CC(O)(C2=CCCCC2)C1. The third kappa shape index (κ3) is 2.86. The molecule has 1 amide bonds. The molecule has 1 fully saturated rings. The number of hydrogen-bond acceptors (Lipinski definition) is 3. The van der Waals surface area contributed by atoms with Crippen molar-refractivity contribution in [3.63, 3.8) is 0 Å². The summed E-state index contributed by atoms with van der Waals surface area (Å²) >= 11 is 0.